The first kappa shape index (κ1) is 27.7. The molecular formula is C29H28ClFN4O4. The van der Waals surface area contributed by atoms with Crippen LogP contribution in [0.3, 0.4) is 0 Å². The van der Waals surface area contributed by atoms with Gasteiger partial charge >= 0.3 is 0 Å². The molecule has 8 nitrogen and oxygen atoms in total. The zero-order chi connectivity index (χ0) is 27.9. The van der Waals surface area contributed by atoms with Crippen LogP contribution in [-0.4, -0.2) is 31.7 Å². The Bertz CT molecular complexity index is 1440. The average molecular weight is 551 g/mol. The number of nitrogens with two attached hydrogens (primary N) is 1. The maximum atomic E-state index is 12.3. The van der Waals surface area contributed by atoms with Crippen LogP contribution in [0.15, 0.2) is 66.3 Å². The highest BCUT2D eigenvalue weighted by atomic mass is 35.5. The van der Waals surface area contributed by atoms with E-state index in [1.807, 2.05) is 25.2 Å². The molecule has 1 amide bonds. The molecule has 0 aromatic heterocycles. The number of amides is 1. The van der Waals surface area contributed by atoms with E-state index in [1.54, 1.807) is 5.01 Å². The molecule has 39 heavy (non-hydrogen) atoms. The summed E-state index contributed by atoms with van der Waals surface area (Å²) in [4.78, 5) is 22.1. The Kier molecular flexibility index (Phi) is 8.83. The molecule has 0 saturated heterocycles. The van der Waals surface area contributed by atoms with Gasteiger partial charge in [-0.3, -0.25) is 9.59 Å². The van der Waals surface area contributed by atoms with E-state index in [-0.39, 0.29) is 11.8 Å². The van der Waals surface area contributed by atoms with Gasteiger partial charge in [0.15, 0.2) is 17.8 Å². The fourth-order valence-electron chi connectivity index (χ4n) is 4.17. The molecule has 0 radical (unpaired) electrons. The second kappa shape index (κ2) is 12.4. The van der Waals surface area contributed by atoms with E-state index >= 15 is 0 Å². The van der Waals surface area contributed by atoms with Gasteiger partial charge in [-0.25, -0.2) is 9.40 Å². The summed E-state index contributed by atoms with van der Waals surface area (Å²) in [5, 5.41) is 9.62. The molecule has 0 spiro atoms. The van der Waals surface area contributed by atoms with Gasteiger partial charge in [0, 0.05) is 29.9 Å². The number of hydrogen-bond acceptors (Lipinski definition) is 7. The molecule has 5 rings (SSSR count). The van der Waals surface area contributed by atoms with Crippen molar-refractivity contribution in [3.63, 3.8) is 0 Å². The van der Waals surface area contributed by atoms with Crippen LogP contribution in [0.1, 0.15) is 40.7 Å². The number of nitrogens with one attached hydrogen (secondary N) is 1. The number of anilines is 2. The second-order valence-electron chi connectivity index (χ2n) is 8.82. The van der Waals surface area contributed by atoms with Crippen molar-refractivity contribution in [1.82, 2.24) is 0 Å². The van der Waals surface area contributed by atoms with Gasteiger partial charge in [0.1, 0.15) is 11.5 Å². The van der Waals surface area contributed by atoms with Crippen molar-refractivity contribution in [2.45, 2.75) is 25.7 Å². The number of benzene rings is 3. The third-order valence-corrected chi connectivity index (χ3v) is 6.60. The standard InChI is InChI=1S/C22H24N4O3.C7H4ClFO/c1-14-18-11-16(24-2)8-7-15(18)5-3-4-6-19(22(23)27)25-26(14)17-9-10-20-21(12-17)29-13-28-20;8-7-3-6(9)2-1-5(7)4-10/h7-12,24H,1,3-6,13H2,2H3,(H2,23,27);1-4H/b25-19+;. The highest BCUT2D eigenvalue weighted by molar-refractivity contribution is 6.38. The summed E-state index contributed by atoms with van der Waals surface area (Å²) in [7, 11) is 1.88. The minimum Gasteiger partial charge on any atom is -0.454 e. The Morgan fingerprint density at radius 2 is 1.87 bits per heavy atom. The number of carbonyl (C=O) groups is 2. The summed E-state index contributed by atoms with van der Waals surface area (Å²) < 4.78 is 23.2. The molecule has 202 valence electrons. The molecule has 0 atom stereocenters. The van der Waals surface area contributed by atoms with E-state index in [0.717, 1.165) is 42.3 Å². The van der Waals surface area contributed by atoms with Gasteiger partial charge in [0.05, 0.1) is 16.4 Å². The molecule has 2 aliphatic heterocycles. The minimum atomic E-state index is -0.520. The van der Waals surface area contributed by atoms with Crippen LogP contribution >= 0.6 is 11.6 Å². The number of hydrazone groups is 1. The van der Waals surface area contributed by atoms with Gasteiger partial charge in [0.25, 0.3) is 5.91 Å². The molecule has 2 aliphatic rings. The third-order valence-electron chi connectivity index (χ3n) is 6.27. The Hall–Kier alpha value is -4.37. The molecule has 0 bridgehead atoms. The van der Waals surface area contributed by atoms with Gasteiger partial charge in [0.2, 0.25) is 6.79 Å². The van der Waals surface area contributed by atoms with Crippen LogP contribution in [0.25, 0.3) is 5.70 Å². The van der Waals surface area contributed by atoms with Crippen molar-refractivity contribution in [3.8, 4) is 11.5 Å². The number of hydrogen-bond donors (Lipinski definition) is 2. The zero-order valence-electron chi connectivity index (χ0n) is 21.4. The van der Waals surface area contributed by atoms with Crippen molar-refractivity contribution in [1.29, 1.82) is 0 Å². The number of halogens is 2. The van der Waals surface area contributed by atoms with Crippen LogP contribution in [-0.2, 0) is 11.2 Å². The Labute approximate surface area is 230 Å². The van der Waals surface area contributed by atoms with Crippen molar-refractivity contribution >= 4 is 46.6 Å². The molecule has 3 N–H and O–H groups in total. The summed E-state index contributed by atoms with van der Waals surface area (Å²) in [6.45, 7) is 4.50. The van der Waals surface area contributed by atoms with E-state index in [4.69, 9.17) is 26.8 Å². The third kappa shape index (κ3) is 6.56. The predicted octanol–water partition coefficient (Wildman–Crippen LogP) is 5.79. The van der Waals surface area contributed by atoms with E-state index in [2.05, 4.69) is 35.2 Å². The fourth-order valence-corrected chi connectivity index (χ4v) is 4.38. The molecule has 0 aliphatic carbocycles. The zero-order valence-corrected chi connectivity index (χ0v) is 22.1. The van der Waals surface area contributed by atoms with Crippen LogP contribution < -0.4 is 25.5 Å². The maximum Gasteiger partial charge on any atom is 0.264 e. The summed E-state index contributed by atoms with van der Waals surface area (Å²) in [6, 6.07) is 15.4. The molecule has 10 heteroatoms. The quantitative estimate of drug-likeness (QED) is 0.398. The minimum absolute atomic E-state index is 0.148. The first-order chi connectivity index (χ1) is 18.8. The molecule has 0 unspecified atom stereocenters. The number of primary amides is 1. The van der Waals surface area contributed by atoms with E-state index in [9.17, 15) is 14.0 Å². The lowest BCUT2D eigenvalue weighted by Crippen LogP contribution is -2.28. The molecular weight excluding hydrogens is 523 g/mol. The van der Waals surface area contributed by atoms with Crippen molar-refractivity contribution < 1.29 is 23.5 Å². The Morgan fingerprint density at radius 1 is 1.10 bits per heavy atom. The normalized spacial score (nSPS) is 15.7. The largest absolute Gasteiger partial charge is 0.454 e. The first-order valence-electron chi connectivity index (χ1n) is 12.3. The predicted molar refractivity (Wildman–Crippen MR) is 151 cm³/mol. The lowest BCUT2D eigenvalue weighted by molar-refractivity contribution is -0.112. The average Bonchev–Trinajstić information content (AvgIpc) is 3.40. The van der Waals surface area contributed by atoms with Crippen molar-refractivity contribution in [3.05, 3.63) is 88.7 Å². The maximum absolute atomic E-state index is 12.3. The second-order valence-corrected chi connectivity index (χ2v) is 9.23. The highest BCUT2D eigenvalue weighted by Gasteiger charge is 2.22. The number of rotatable bonds is 4. The van der Waals surface area contributed by atoms with E-state index in [0.29, 0.717) is 41.2 Å². The fraction of sp³-hybridized carbons (Fsp3) is 0.207. The molecule has 0 saturated carbocycles. The number of aryl methyl sites for hydroxylation is 1. The van der Waals surface area contributed by atoms with E-state index in [1.165, 1.54) is 17.7 Å². The van der Waals surface area contributed by atoms with Gasteiger partial charge < -0.3 is 20.5 Å². The number of carbonyl (C=O) groups excluding carboxylic acids is 2. The summed E-state index contributed by atoms with van der Waals surface area (Å²) >= 11 is 5.46. The SMILES string of the molecule is C=C1c2cc(NC)ccc2CCCC/C(C(N)=O)=N\N1c1ccc2c(c1)OCO2.O=Cc1ccc(F)cc1Cl. The number of ether oxygens (including phenoxy) is 2. The van der Waals surface area contributed by atoms with Gasteiger partial charge in [-0.05, 0) is 73.7 Å². The molecule has 0 fully saturated rings. The van der Waals surface area contributed by atoms with Crippen LogP contribution in [0.4, 0.5) is 15.8 Å². The lowest BCUT2D eigenvalue weighted by Gasteiger charge is -2.26. The van der Waals surface area contributed by atoms with Crippen LogP contribution in [0.5, 0.6) is 11.5 Å². The summed E-state index contributed by atoms with van der Waals surface area (Å²) in [5.74, 6) is 0.355. The number of nitrogens with zero attached hydrogens (tertiary/aromatic N) is 2. The molecule has 3 aromatic rings. The van der Waals surface area contributed by atoms with Crippen molar-refractivity contribution in [2.75, 3.05) is 24.2 Å². The van der Waals surface area contributed by atoms with Crippen molar-refractivity contribution in [2.24, 2.45) is 10.8 Å². The Morgan fingerprint density at radius 3 is 2.59 bits per heavy atom. The number of fused-ring (bicyclic) bond motifs is 2. The van der Waals surface area contributed by atoms with Gasteiger partial charge in [-0.1, -0.05) is 24.2 Å². The monoisotopic (exact) mass is 550 g/mol. The van der Waals surface area contributed by atoms with Crippen LogP contribution in [0.2, 0.25) is 5.02 Å². The van der Waals surface area contributed by atoms with Gasteiger partial charge in [-0.15, -0.1) is 0 Å². The number of aldehydes is 1. The van der Waals surface area contributed by atoms with E-state index < -0.39 is 11.7 Å². The smallest absolute Gasteiger partial charge is 0.264 e. The summed E-state index contributed by atoms with van der Waals surface area (Å²) in [5.41, 5.74) is 10.8. The lowest BCUT2D eigenvalue weighted by atomic mass is 9.97. The first-order valence-corrected chi connectivity index (χ1v) is 12.7. The molecule has 2 heterocycles. The molecule has 3 aromatic carbocycles. The summed E-state index contributed by atoms with van der Waals surface area (Å²) in [6.07, 6.45) is 3.76. The highest BCUT2D eigenvalue weighted by Crippen LogP contribution is 2.38. The topological polar surface area (TPSA) is 106 Å². The Balaban J connectivity index is 0.000000298. The van der Waals surface area contributed by atoms with Crippen LogP contribution in [0, 0.1) is 5.82 Å². The van der Waals surface area contributed by atoms with Gasteiger partial charge in [-0.2, -0.15) is 5.10 Å².